The molecule has 1 saturated heterocycles. The van der Waals surface area contributed by atoms with E-state index in [1.54, 1.807) is 12.1 Å². The van der Waals surface area contributed by atoms with E-state index in [4.69, 9.17) is 11.6 Å². The zero-order valence-electron chi connectivity index (χ0n) is 17.0. The molecular weight excluding hydrogens is 422 g/mol. The van der Waals surface area contributed by atoms with Gasteiger partial charge in [-0.3, -0.25) is 4.79 Å². The molecule has 0 N–H and O–H groups in total. The van der Waals surface area contributed by atoms with Crippen LogP contribution in [0.3, 0.4) is 0 Å². The van der Waals surface area contributed by atoms with Crippen LogP contribution in [0, 0.1) is 0 Å². The molecule has 2 aliphatic rings. The quantitative estimate of drug-likeness (QED) is 0.730. The maximum atomic E-state index is 13.2. The lowest BCUT2D eigenvalue weighted by molar-refractivity contribution is -0.132. The van der Waals surface area contributed by atoms with Crippen molar-refractivity contribution in [3.63, 3.8) is 0 Å². The number of halogens is 1. The van der Waals surface area contributed by atoms with Gasteiger partial charge in [0.15, 0.2) is 10.7 Å². The molecule has 2 aromatic carbocycles. The summed E-state index contributed by atoms with van der Waals surface area (Å²) in [7, 11) is -2.56. The third kappa shape index (κ3) is 4.27. The number of thiol groups is 1. The normalized spacial score (nSPS) is 17.8. The predicted molar refractivity (Wildman–Crippen MR) is 120 cm³/mol. The molecule has 2 aliphatic heterocycles. The van der Waals surface area contributed by atoms with E-state index in [1.165, 1.54) is 5.56 Å². The van der Waals surface area contributed by atoms with Gasteiger partial charge in [-0.2, -0.15) is 0 Å². The number of amides is 1. The van der Waals surface area contributed by atoms with E-state index in [9.17, 15) is 13.2 Å². The number of hydrogen-bond acceptors (Lipinski definition) is 5. The van der Waals surface area contributed by atoms with Crippen molar-refractivity contribution in [3.8, 4) is 0 Å². The smallest absolute Gasteiger partial charge is 0.245 e. The molecule has 1 atom stereocenters. The van der Waals surface area contributed by atoms with E-state index < -0.39 is 10.7 Å². The minimum Gasteiger partial charge on any atom is -0.368 e. The van der Waals surface area contributed by atoms with Gasteiger partial charge in [0, 0.05) is 49.1 Å². The molecule has 8 heteroatoms. The van der Waals surface area contributed by atoms with Gasteiger partial charge in [-0.25, -0.2) is 8.42 Å². The summed E-state index contributed by atoms with van der Waals surface area (Å²) in [5.41, 5.74) is 3.31. The lowest BCUT2D eigenvalue weighted by Gasteiger charge is -2.41. The monoisotopic (exact) mass is 447 g/mol. The fourth-order valence-corrected chi connectivity index (χ4v) is 4.95. The maximum absolute atomic E-state index is 13.2. The van der Waals surface area contributed by atoms with Crippen molar-refractivity contribution in [1.82, 2.24) is 4.90 Å². The molecule has 2 heterocycles. The summed E-state index contributed by atoms with van der Waals surface area (Å²) in [5, 5.41) is 0.737. The Bertz CT molecular complexity index is 993. The number of carbonyl (C=O) groups excluding carboxylic acids is 1. The Balaban J connectivity index is 1.40. The average molecular weight is 448 g/mol. The molecule has 4 rings (SSSR count). The first kappa shape index (κ1) is 21.0. The first-order valence-electron chi connectivity index (χ1n) is 10.3. The summed E-state index contributed by atoms with van der Waals surface area (Å²) in [6.45, 7) is 5.63. The molecule has 0 radical (unpaired) electrons. The molecule has 160 valence electrons. The van der Waals surface area contributed by atoms with Crippen molar-refractivity contribution < 1.29 is 13.2 Å². The lowest BCUT2D eigenvalue weighted by Crippen LogP contribution is -2.55. The number of carbonyl (C=O) groups is 1. The minimum absolute atomic E-state index is 0.149. The van der Waals surface area contributed by atoms with Crippen molar-refractivity contribution in [2.45, 2.75) is 30.7 Å². The number of hydrogen-bond donors (Lipinski definition) is 1. The van der Waals surface area contributed by atoms with Crippen LogP contribution in [0.2, 0.25) is 5.02 Å². The van der Waals surface area contributed by atoms with Crippen LogP contribution < -0.4 is 9.80 Å². The second kappa shape index (κ2) is 8.86. The highest BCUT2D eigenvalue weighted by Gasteiger charge is 2.31. The summed E-state index contributed by atoms with van der Waals surface area (Å²) >= 11 is 6.15. The van der Waals surface area contributed by atoms with Crippen LogP contribution in [-0.4, -0.2) is 58.0 Å². The molecule has 1 fully saturated rings. The first-order chi connectivity index (χ1) is 14.4. The van der Waals surface area contributed by atoms with E-state index >= 15 is 0 Å². The second-order valence-electron chi connectivity index (χ2n) is 7.83. The van der Waals surface area contributed by atoms with E-state index in [-0.39, 0.29) is 11.9 Å². The zero-order valence-corrected chi connectivity index (χ0v) is 18.6. The van der Waals surface area contributed by atoms with Gasteiger partial charge in [-0.1, -0.05) is 11.6 Å². The van der Waals surface area contributed by atoms with Crippen molar-refractivity contribution in [3.05, 3.63) is 53.1 Å². The molecule has 6 nitrogen and oxygen atoms in total. The Morgan fingerprint density at radius 2 is 1.70 bits per heavy atom. The number of fused-ring (bicyclic) bond motifs is 1. The van der Waals surface area contributed by atoms with Gasteiger partial charge >= 0.3 is 0 Å². The Morgan fingerprint density at radius 1 is 1.00 bits per heavy atom. The average Bonchev–Trinajstić information content (AvgIpc) is 2.77. The lowest BCUT2D eigenvalue weighted by atomic mass is 10.00. The van der Waals surface area contributed by atoms with E-state index in [2.05, 4.69) is 9.80 Å². The van der Waals surface area contributed by atoms with Gasteiger partial charge < -0.3 is 14.7 Å². The summed E-state index contributed by atoms with van der Waals surface area (Å²) in [6, 6.07) is 12.6. The van der Waals surface area contributed by atoms with Crippen molar-refractivity contribution >= 4 is 39.6 Å². The number of benzene rings is 2. The first-order valence-corrected chi connectivity index (χ1v) is 11.8. The fraction of sp³-hybridized carbons (Fsp3) is 0.409. The van der Waals surface area contributed by atoms with Crippen molar-refractivity contribution in [2.24, 2.45) is 0 Å². The van der Waals surface area contributed by atoms with Crippen molar-refractivity contribution in [2.75, 3.05) is 42.5 Å². The minimum atomic E-state index is -2.56. The molecule has 0 unspecified atom stereocenters. The third-order valence-corrected chi connectivity index (χ3v) is 6.99. The number of piperazine rings is 1. The molecule has 1 amide bonds. The fourth-order valence-electron chi connectivity index (χ4n) is 4.36. The van der Waals surface area contributed by atoms with Crippen LogP contribution in [0.25, 0.3) is 0 Å². The highest BCUT2D eigenvalue weighted by molar-refractivity contribution is 7.72. The summed E-state index contributed by atoms with van der Waals surface area (Å²) in [5.74, 6) is 0.149. The van der Waals surface area contributed by atoms with Crippen LogP contribution in [-0.2, 0) is 21.9 Å². The number of aryl methyl sites for hydroxylation is 1. The zero-order chi connectivity index (χ0) is 21.3. The molecule has 0 aliphatic carbocycles. The molecule has 30 heavy (non-hydrogen) atoms. The molecular formula is C22H26ClN3O3S. The number of rotatable bonds is 4. The predicted octanol–water partition coefficient (Wildman–Crippen LogP) is 2.80. The van der Waals surface area contributed by atoms with Crippen LogP contribution in [0.4, 0.5) is 11.4 Å². The molecule has 0 spiro atoms. The van der Waals surface area contributed by atoms with E-state index in [1.807, 2.05) is 42.2 Å². The summed E-state index contributed by atoms with van der Waals surface area (Å²) in [4.78, 5) is 19.9. The van der Waals surface area contributed by atoms with E-state index in [0.29, 0.717) is 18.0 Å². The Labute approximate surface area is 184 Å². The van der Waals surface area contributed by atoms with Crippen LogP contribution in [0.15, 0.2) is 47.4 Å². The van der Waals surface area contributed by atoms with E-state index in [0.717, 1.165) is 48.9 Å². The maximum Gasteiger partial charge on any atom is 0.245 e. The molecule has 0 bridgehead atoms. The largest absolute Gasteiger partial charge is 0.368 e. The third-order valence-electron chi connectivity index (χ3n) is 6.04. The van der Waals surface area contributed by atoms with Gasteiger partial charge in [0.1, 0.15) is 6.04 Å². The standard InChI is InChI=1S/C22H26ClN3O3S/c1-16(26-10-2-3-17-15-18(23)4-9-21(17)26)22(27)25-13-11-24(12-14-25)19-5-7-20(8-6-19)30(28)29/h4-9,15-16,30H,2-3,10-14H2,1H3/t16-/m1/s1. The van der Waals surface area contributed by atoms with Gasteiger partial charge in [0.2, 0.25) is 5.91 Å². The molecule has 0 saturated carbocycles. The van der Waals surface area contributed by atoms with Crippen molar-refractivity contribution in [1.29, 1.82) is 0 Å². The summed E-state index contributed by atoms with van der Waals surface area (Å²) in [6.07, 6.45) is 2.01. The highest BCUT2D eigenvalue weighted by Crippen LogP contribution is 2.31. The van der Waals surface area contributed by atoms with Gasteiger partial charge in [0.25, 0.3) is 0 Å². The Hall–Kier alpha value is -2.25. The van der Waals surface area contributed by atoms with Gasteiger partial charge in [-0.05, 0) is 67.8 Å². The van der Waals surface area contributed by atoms with Crippen LogP contribution in [0.5, 0.6) is 0 Å². The second-order valence-corrected chi connectivity index (χ2v) is 9.30. The van der Waals surface area contributed by atoms with Gasteiger partial charge in [0.05, 0.1) is 4.90 Å². The number of nitrogens with zero attached hydrogens (tertiary/aromatic N) is 3. The van der Waals surface area contributed by atoms with Gasteiger partial charge in [-0.15, -0.1) is 0 Å². The molecule has 2 aromatic rings. The van der Waals surface area contributed by atoms with Crippen LogP contribution in [0.1, 0.15) is 18.9 Å². The Kier molecular flexibility index (Phi) is 6.20. The SMILES string of the molecule is C[C@H](C(=O)N1CCN(c2ccc([SH](=O)=O)cc2)CC1)N1CCCc2cc(Cl)ccc21. The summed E-state index contributed by atoms with van der Waals surface area (Å²) < 4.78 is 22.1. The van der Waals surface area contributed by atoms with Crippen LogP contribution >= 0.6 is 11.6 Å². The topological polar surface area (TPSA) is 60.9 Å². The Morgan fingerprint density at radius 3 is 2.37 bits per heavy atom. The number of anilines is 2. The highest BCUT2D eigenvalue weighted by atomic mass is 35.5. The molecule has 0 aromatic heterocycles.